The highest BCUT2D eigenvalue weighted by atomic mass is 16.6. The molecule has 2 unspecified atom stereocenters. The predicted octanol–water partition coefficient (Wildman–Crippen LogP) is 5.48. The summed E-state index contributed by atoms with van der Waals surface area (Å²) in [5.74, 6) is 3.02. The van der Waals surface area contributed by atoms with Crippen LogP contribution in [0.2, 0.25) is 0 Å². The Morgan fingerprint density at radius 1 is 1.15 bits per heavy atom. The Morgan fingerprint density at radius 2 is 2.04 bits per heavy atom. The molecule has 0 aromatic carbocycles. The molecule has 0 aromatic rings. The largest absolute Gasteiger partial charge is 0.501 e. The van der Waals surface area contributed by atoms with Crippen LogP contribution in [0.1, 0.15) is 71.1 Å². The Labute approximate surface area is 162 Å². The van der Waals surface area contributed by atoms with Crippen LogP contribution in [0.25, 0.3) is 0 Å². The Balaban J connectivity index is 1.51. The van der Waals surface area contributed by atoms with Gasteiger partial charge in [0.1, 0.15) is 5.60 Å². The molecule has 1 aliphatic heterocycles. The number of carbonyl (C=O) groups is 1. The Hall–Kier alpha value is -1.51. The molecule has 3 nitrogen and oxygen atoms in total. The average molecular weight is 369 g/mol. The van der Waals surface area contributed by atoms with Gasteiger partial charge in [0, 0.05) is 24.2 Å². The monoisotopic (exact) mass is 368 g/mol. The molecule has 3 heteroatoms. The number of allylic oxidation sites excluding steroid dienone is 6. The molecule has 0 aromatic heterocycles. The van der Waals surface area contributed by atoms with E-state index in [-0.39, 0.29) is 17.0 Å². The summed E-state index contributed by atoms with van der Waals surface area (Å²) in [5, 5.41) is 0. The van der Waals surface area contributed by atoms with Gasteiger partial charge in [-0.3, -0.25) is 4.79 Å². The lowest BCUT2D eigenvalue weighted by molar-refractivity contribution is -0.152. The summed E-state index contributed by atoms with van der Waals surface area (Å²) < 4.78 is 11.6. The van der Waals surface area contributed by atoms with E-state index in [0.29, 0.717) is 24.2 Å². The molecule has 5 rings (SSSR count). The third-order valence-electron chi connectivity index (χ3n) is 8.48. The van der Waals surface area contributed by atoms with E-state index in [1.54, 1.807) is 12.7 Å². The van der Waals surface area contributed by atoms with E-state index in [1.165, 1.54) is 31.3 Å². The molecule has 0 amide bonds. The molecule has 0 radical (unpaired) electrons. The molecule has 5 aliphatic rings. The molecular formula is C24H32O3. The minimum Gasteiger partial charge on any atom is -0.501 e. The summed E-state index contributed by atoms with van der Waals surface area (Å²) in [6.45, 7) is 2.46. The zero-order valence-corrected chi connectivity index (χ0v) is 16.8. The van der Waals surface area contributed by atoms with Gasteiger partial charge in [0.25, 0.3) is 0 Å². The second kappa shape index (κ2) is 6.25. The van der Waals surface area contributed by atoms with Crippen LogP contribution in [0, 0.1) is 23.2 Å². The number of hydrogen-bond donors (Lipinski definition) is 0. The molecule has 2 fully saturated rings. The third kappa shape index (κ3) is 2.57. The average Bonchev–Trinajstić information content (AvgIpc) is 3.18. The molecule has 5 atom stereocenters. The number of esters is 1. The second-order valence-electron chi connectivity index (χ2n) is 9.59. The van der Waals surface area contributed by atoms with Crippen molar-refractivity contribution in [2.75, 3.05) is 7.11 Å². The molecule has 1 saturated heterocycles. The highest BCUT2D eigenvalue weighted by Crippen LogP contribution is 2.60. The zero-order valence-electron chi connectivity index (χ0n) is 16.8. The summed E-state index contributed by atoms with van der Waals surface area (Å²) in [7, 11) is 1.79. The van der Waals surface area contributed by atoms with Crippen LogP contribution in [0.3, 0.4) is 0 Å². The number of fused-ring (bicyclic) bond motifs is 6. The van der Waals surface area contributed by atoms with E-state index < -0.39 is 0 Å². The van der Waals surface area contributed by atoms with Crippen LogP contribution < -0.4 is 0 Å². The molecule has 1 saturated carbocycles. The van der Waals surface area contributed by atoms with Crippen molar-refractivity contribution in [1.29, 1.82) is 0 Å². The van der Waals surface area contributed by atoms with Crippen molar-refractivity contribution < 1.29 is 14.3 Å². The maximum absolute atomic E-state index is 12.0. The first kappa shape index (κ1) is 17.6. The molecule has 1 heterocycles. The lowest BCUT2D eigenvalue weighted by Gasteiger charge is -2.48. The molecule has 0 bridgehead atoms. The highest BCUT2D eigenvalue weighted by molar-refractivity contribution is 5.72. The number of carbonyl (C=O) groups excluding carboxylic acids is 1. The van der Waals surface area contributed by atoms with E-state index in [4.69, 9.17) is 9.47 Å². The molecule has 0 N–H and O–H groups in total. The van der Waals surface area contributed by atoms with Crippen molar-refractivity contribution in [3.8, 4) is 0 Å². The maximum Gasteiger partial charge on any atom is 0.306 e. The standard InChI is InChI=1S/C24H32O3/c1-23-12-9-17(26-2)15-16(23)7-8-18-19-10-13-24(14-11-22(25)27-24)21(19)6-4-3-5-20(18)23/h5,7,15,18-19,21H,3-4,6,8-14H2,1-2H3/b20-5+/t18?,19?,21-,23+,24-/m1/s1. The molecule has 4 aliphatic carbocycles. The molecular weight excluding hydrogens is 336 g/mol. The molecule has 146 valence electrons. The number of hydrogen-bond acceptors (Lipinski definition) is 3. The quantitative estimate of drug-likeness (QED) is 0.454. The topological polar surface area (TPSA) is 35.5 Å². The van der Waals surface area contributed by atoms with Gasteiger partial charge < -0.3 is 9.47 Å². The van der Waals surface area contributed by atoms with Crippen molar-refractivity contribution in [1.82, 2.24) is 0 Å². The van der Waals surface area contributed by atoms with Crippen molar-refractivity contribution in [2.24, 2.45) is 23.2 Å². The first-order chi connectivity index (χ1) is 13.1. The van der Waals surface area contributed by atoms with Gasteiger partial charge in [-0.15, -0.1) is 0 Å². The Bertz CT molecular complexity index is 745. The highest BCUT2D eigenvalue weighted by Gasteiger charge is 2.57. The SMILES string of the molecule is COC1=CC2=CCC3/C(=C\CCC[C@@H]4C3CC[C@@]43CCC(=O)O3)[C@@]2(C)CC1. The minimum absolute atomic E-state index is 0.0378. The van der Waals surface area contributed by atoms with Gasteiger partial charge in [-0.25, -0.2) is 0 Å². The van der Waals surface area contributed by atoms with E-state index >= 15 is 0 Å². The fourth-order valence-electron chi connectivity index (χ4n) is 7.07. The molecule has 27 heavy (non-hydrogen) atoms. The fraction of sp³-hybridized carbons (Fsp3) is 0.708. The smallest absolute Gasteiger partial charge is 0.306 e. The summed E-state index contributed by atoms with van der Waals surface area (Å²) in [5.41, 5.74) is 3.17. The normalized spacial score (nSPS) is 45.3. The van der Waals surface area contributed by atoms with E-state index in [1.807, 2.05) is 0 Å². The summed E-state index contributed by atoms with van der Waals surface area (Å²) in [4.78, 5) is 12.0. The van der Waals surface area contributed by atoms with Crippen LogP contribution >= 0.6 is 0 Å². The first-order valence-electron chi connectivity index (χ1n) is 10.9. The summed E-state index contributed by atoms with van der Waals surface area (Å²) in [6, 6.07) is 0. The summed E-state index contributed by atoms with van der Waals surface area (Å²) in [6.07, 6.45) is 18.2. The van der Waals surface area contributed by atoms with Crippen LogP contribution in [0.5, 0.6) is 0 Å². The van der Waals surface area contributed by atoms with Crippen LogP contribution in [-0.2, 0) is 14.3 Å². The minimum atomic E-state index is -0.134. The van der Waals surface area contributed by atoms with Crippen molar-refractivity contribution in [3.05, 3.63) is 35.1 Å². The van der Waals surface area contributed by atoms with Crippen LogP contribution in [-0.4, -0.2) is 18.7 Å². The van der Waals surface area contributed by atoms with Gasteiger partial charge >= 0.3 is 5.97 Å². The van der Waals surface area contributed by atoms with Crippen molar-refractivity contribution >= 4 is 5.97 Å². The summed E-state index contributed by atoms with van der Waals surface area (Å²) >= 11 is 0. The number of methoxy groups -OCH3 is 1. The first-order valence-corrected chi connectivity index (χ1v) is 10.9. The van der Waals surface area contributed by atoms with Gasteiger partial charge in [-0.2, -0.15) is 0 Å². The van der Waals surface area contributed by atoms with E-state index in [9.17, 15) is 4.79 Å². The fourth-order valence-corrected chi connectivity index (χ4v) is 7.07. The van der Waals surface area contributed by atoms with Crippen LogP contribution in [0.15, 0.2) is 35.1 Å². The van der Waals surface area contributed by atoms with Gasteiger partial charge in [-0.05, 0) is 74.9 Å². The van der Waals surface area contributed by atoms with Gasteiger partial charge in [0.2, 0.25) is 0 Å². The van der Waals surface area contributed by atoms with Crippen molar-refractivity contribution in [2.45, 2.75) is 76.7 Å². The van der Waals surface area contributed by atoms with E-state index in [0.717, 1.165) is 37.9 Å². The third-order valence-corrected chi connectivity index (χ3v) is 8.48. The van der Waals surface area contributed by atoms with Gasteiger partial charge in [0.15, 0.2) is 0 Å². The second-order valence-corrected chi connectivity index (χ2v) is 9.59. The molecule has 1 spiro atoms. The Kier molecular flexibility index (Phi) is 4.07. The lowest BCUT2D eigenvalue weighted by Crippen LogP contribution is -2.41. The number of ether oxygens (including phenoxy) is 2. The van der Waals surface area contributed by atoms with Gasteiger partial charge in [0.05, 0.1) is 12.9 Å². The lowest BCUT2D eigenvalue weighted by atomic mass is 9.57. The van der Waals surface area contributed by atoms with Gasteiger partial charge in [-0.1, -0.05) is 24.6 Å². The maximum atomic E-state index is 12.0. The van der Waals surface area contributed by atoms with E-state index in [2.05, 4.69) is 25.2 Å². The predicted molar refractivity (Wildman–Crippen MR) is 105 cm³/mol. The van der Waals surface area contributed by atoms with Crippen LogP contribution in [0.4, 0.5) is 0 Å². The van der Waals surface area contributed by atoms with Crippen molar-refractivity contribution in [3.63, 3.8) is 0 Å². The Morgan fingerprint density at radius 3 is 2.81 bits per heavy atom. The zero-order chi connectivity index (χ0) is 18.6. The number of rotatable bonds is 1.